The zero-order valence-electron chi connectivity index (χ0n) is 14.0. The average molecular weight is 367 g/mol. The summed E-state index contributed by atoms with van der Waals surface area (Å²) in [6.45, 7) is 1.46. The number of methoxy groups -OCH3 is 1. The van der Waals surface area contributed by atoms with E-state index in [1.165, 1.54) is 32.2 Å². The molecule has 0 radical (unpaired) electrons. The van der Waals surface area contributed by atoms with Gasteiger partial charge < -0.3 is 14.8 Å². The molecule has 2 aromatic rings. The molecule has 8 heteroatoms. The van der Waals surface area contributed by atoms with Gasteiger partial charge in [0.2, 0.25) is 0 Å². The predicted octanol–water partition coefficient (Wildman–Crippen LogP) is 3.93. The number of anilines is 1. The quantitative estimate of drug-likeness (QED) is 0.786. The van der Waals surface area contributed by atoms with Crippen LogP contribution in [0.15, 0.2) is 42.5 Å². The fourth-order valence-corrected chi connectivity index (χ4v) is 2.09. The molecule has 1 atom stereocenters. The first-order valence-corrected chi connectivity index (χ1v) is 7.52. The van der Waals surface area contributed by atoms with Gasteiger partial charge in [-0.05, 0) is 49.4 Å². The summed E-state index contributed by atoms with van der Waals surface area (Å²) in [5.74, 6) is -0.0275. The number of halogens is 3. The summed E-state index contributed by atoms with van der Waals surface area (Å²) in [5.41, 5.74) is -0.265. The molecule has 26 heavy (non-hydrogen) atoms. The van der Waals surface area contributed by atoms with Crippen LogP contribution in [0, 0.1) is 0 Å². The second-order valence-corrected chi connectivity index (χ2v) is 5.35. The molecule has 1 N–H and O–H groups in total. The molecule has 0 fully saturated rings. The van der Waals surface area contributed by atoms with Gasteiger partial charge in [-0.1, -0.05) is 0 Å². The third kappa shape index (κ3) is 4.75. The standard InChI is InChI=1S/C18H16F3NO4/c1-11(26-16-9-12(10-23)3-8-15(16)25-2)17(24)22-14-6-4-13(5-7-14)18(19,20)21/h3-11H,1-2H3,(H,22,24)/t11-/m1/s1. The smallest absolute Gasteiger partial charge is 0.416 e. The van der Waals surface area contributed by atoms with Crippen molar-refractivity contribution >= 4 is 17.9 Å². The van der Waals surface area contributed by atoms with Gasteiger partial charge in [-0.25, -0.2) is 0 Å². The molecule has 1 amide bonds. The molecule has 0 unspecified atom stereocenters. The Bertz CT molecular complexity index is 788. The molecule has 5 nitrogen and oxygen atoms in total. The zero-order valence-corrected chi connectivity index (χ0v) is 14.0. The minimum atomic E-state index is -4.45. The van der Waals surface area contributed by atoms with E-state index in [0.29, 0.717) is 17.6 Å². The molecular formula is C18H16F3NO4. The number of amides is 1. The molecule has 138 valence electrons. The largest absolute Gasteiger partial charge is 0.493 e. The molecule has 0 aromatic heterocycles. The summed E-state index contributed by atoms with van der Waals surface area (Å²) in [6.07, 6.45) is -4.80. The SMILES string of the molecule is COc1ccc(C=O)cc1O[C@H](C)C(=O)Nc1ccc(C(F)(F)F)cc1. The van der Waals surface area contributed by atoms with Crippen LogP contribution < -0.4 is 14.8 Å². The zero-order chi connectivity index (χ0) is 19.3. The Morgan fingerprint density at radius 2 is 1.77 bits per heavy atom. The van der Waals surface area contributed by atoms with Crippen molar-refractivity contribution in [2.75, 3.05) is 12.4 Å². The van der Waals surface area contributed by atoms with Crippen LogP contribution in [0.25, 0.3) is 0 Å². The maximum Gasteiger partial charge on any atom is 0.416 e. The number of nitrogens with one attached hydrogen (secondary N) is 1. The van der Waals surface area contributed by atoms with Crippen LogP contribution in [0.1, 0.15) is 22.8 Å². The van der Waals surface area contributed by atoms with Crippen LogP contribution in [-0.2, 0) is 11.0 Å². The van der Waals surface area contributed by atoms with Gasteiger partial charge >= 0.3 is 6.18 Å². The van der Waals surface area contributed by atoms with Crippen molar-refractivity contribution in [3.8, 4) is 11.5 Å². The predicted molar refractivity (Wildman–Crippen MR) is 88.5 cm³/mol. The fourth-order valence-electron chi connectivity index (χ4n) is 2.09. The highest BCUT2D eigenvalue weighted by molar-refractivity contribution is 5.94. The number of ether oxygens (including phenoxy) is 2. The van der Waals surface area contributed by atoms with Crippen LogP contribution in [-0.4, -0.2) is 25.4 Å². The molecule has 0 aliphatic heterocycles. The highest BCUT2D eigenvalue weighted by Crippen LogP contribution is 2.30. The average Bonchev–Trinajstić information content (AvgIpc) is 2.61. The summed E-state index contributed by atoms with van der Waals surface area (Å²) >= 11 is 0. The van der Waals surface area contributed by atoms with Crippen LogP contribution in [0.2, 0.25) is 0 Å². The van der Waals surface area contributed by atoms with Crippen LogP contribution in [0.5, 0.6) is 11.5 Å². The number of hydrogen-bond donors (Lipinski definition) is 1. The molecular weight excluding hydrogens is 351 g/mol. The highest BCUT2D eigenvalue weighted by atomic mass is 19.4. The van der Waals surface area contributed by atoms with Crippen molar-refractivity contribution in [1.82, 2.24) is 0 Å². The molecule has 0 saturated heterocycles. The lowest BCUT2D eigenvalue weighted by molar-refractivity contribution is -0.137. The molecule has 0 saturated carbocycles. The Hall–Kier alpha value is -3.03. The number of aldehydes is 1. The van der Waals surface area contributed by atoms with Gasteiger partial charge in [0.25, 0.3) is 5.91 Å². The van der Waals surface area contributed by atoms with Crippen molar-refractivity contribution < 1.29 is 32.2 Å². The number of carbonyl (C=O) groups is 2. The molecule has 0 spiro atoms. The second kappa shape index (κ2) is 7.90. The van der Waals surface area contributed by atoms with E-state index >= 15 is 0 Å². The normalized spacial score (nSPS) is 12.2. The van der Waals surface area contributed by atoms with Gasteiger partial charge in [-0.2, -0.15) is 13.2 Å². The third-order valence-corrected chi connectivity index (χ3v) is 3.48. The molecule has 0 bridgehead atoms. The Labute approximate surface area is 147 Å². The Morgan fingerprint density at radius 3 is 2.31 bits per heavy atom. The molecule has 0 aliphatic carbocycles. The van der Waals surface area contributed by atoms with Crippen molar-refractivity contribution in [1.29, 1.82) is 0 Å². The first-order chi connectivity index (χ1) is 12.2. The first-order valence-electron chi connectivity index (χ1n) is 7.52. The van der Waals surface area contributed by atoms with Crippen LogP contribution in [0.4, 0.5) is 18.9 Å². The van der Waals surface area contributed by atoms with Gasteiger partial charge in [0.05, 0.1) is 12.7 Å². The van der Waals surface area contributed by atoms with Crippen molar-refractivity contribution in [2.45, 2.75) is 19.2 Å². The lowest BCUT2D eigenvalue weighted by Gasteiger charge is -2.17. The third-order valence-electron chi connectivity index (χ3n) is 3.48. The summed E-state index contributed by atoms with van der Waals surface area (Å²) < 4.78 is 48.3. The second-order valence-electron chi connectivity index (χ2n) is 5.35. The van der Waals surface area contributed by atoms with E-state index in [4.69, 9.17) is 9.47 Å². The topological polar surface area (TPSA) is 64.6 Å². The number of hydrogen-bond acceptors (Lipinski definition) is 4. The van der Waals surface area contributed by atoms with E-state index in [2.05, 4.69) is 5.32 Å². The van der Waals surface area contributed by atoms with E-state index in [-0.39, 0.29) is 11.4 Å². The van der Waals surface area contributed by atoms with Gasteiger partial charge in [-0.3, -0.25) is 9.59 Å². The summed E-state index contributed by atoms with van der Waals surface area (Å²) in [7, 11) is 1.41. The van der Waals surface area contributed by atoms with Crippen molar-refractivity contribution in [3.63, 3.8) is 0 Å². The highest BCUT2D eigenvalue weighted by Gasteiger charge is 2.30. The summed E-state index contributed by atoms with van der Waals surface area (Å²) in [4.78, 5) is 23.0. The van der Waals surface area contributed by atoms with E-state index in [1.54, 1.807) is 0 Å². The molecule has 2 rings (SSSR count). The van der Waals surface area contributed by atoms with E-state index < -0.39 is 23.8 Å². The van der Waals surface area contributed by atoms with E-state index in [1.807, 2.05) is 0 Å². The number of carbonyl (C=O) groups excluding carboxylic acids is 2. The Balaban J connectivity index is 2.07. The number of benzene rings is 2. The van der Waals surface area contributed by atoms with Crippen LogP contribution >= 0.6 is 0 Å². The molecule has 0 heterocycles. The maximum atomic E-state index is 12.5. The van der Waals surface area contributed by atoms with Gasteiger partial charge in [-0.15, -0.1) is 0 Å². The molecule has 2 aromatic carbocycles. The lowest BCUT2D eigenvalue weighted by atomic mass is 10.2. The minimum Gasteiger partial charge on any atom is -0.493 e. The summed E-state index contributed by atoms with van der Waals surface area (Å²) in [5, 5.41) is 2.47. The van der Waals surface area contributed by atoms with Gasteiger partial charge in [0.15, 0.2) is 17.6 Å². The lowest BCUT2D eigenvalue weighted by Crippen LogP contribution is -2.30. The Morgan fingerprint density at radius 1 is 1.12 bits per heavy atom. The van der Waals surface area contributed by atoms with E-state index in [9.17, 15) is 22.8 Å². The first kappa shape index (κ1) is 19.3. The Kier molecular flexibility index (Phi) is 5.86. The number of alkyl halides is 3. The van der Waals surface area contributed by atoms with Crippen molar-refractivity contribution in [2.24, 2.45) is 0 Å². The monoisotopic (exact) mass is 367 g/mol. The van der Waals surface area contributed by atoms with E-state index in [0.717, 1.165) is 24.3 Å². The van der Waals surface area contributed by atoms with Gasteiger partial charge in [0.1, 0.15) is 6.29 Å². The number of rotatable bonds is 6. The van der Waals surface area contributed by atoms with Crippen molar-refractivity contribution in [3.05, 3.63) is 53.6 Å². The van der Waals surface area contributed by atoms with Crippen LogP contribution in [0.3, 0.4) is 0 Å². The minimum absolute atomic E-state index is 0.201. The molecule has 0 aliphatic rings. The maximum absolute atomic E-state index is 12.5. The summed E-state index contributed by atoms with van der Waals surface area (Å²) in [6, 6.07) is 8.54. The van der Waals surface area contributed by atoms with Gasteiger partial charge in [0, 0.05) is 11.3 Å². The fraction of sp³-hybridized carbons (Fsp3) is 0.222.